The number of nitrogens with zero attached hydrogens (tertiary/aromatic N) is 3. The maximum atomic E-state index is 13.8. The SMILES string of the molecule is CCN(Cc1ccccc1)C(=O)c1nn(-c2ccc(F)cc2)c(CC[C@@H](O)C[C@@H](O)CC(=O)O)c1C(C)C.[NaH]. The number of aliphatic hydroxyl groups is 2. The molecular formula is C29H37FN3NaO5. The van der Waals surface area contributed by atoms with Gasteiger partial charge in [0.25, 0.3) is 5.91 Å². The predicted octanol–water partition coefficient (Wildman–Crippen LogP) is 3.67. The predicted molar refractivity (Wildman–Crippen MR) is 149 cm³/mol. The number of aliphatic hydroxyl groups excluding tert-OH is 2. The Morgan fingerprint density at radius 2 is 1.67 bits per heavy atom. The van der Waals surface area contributed by atoms with Gasteiger partial charge < -0.3 is 20.2 Å². The van der Waals surface area contributed by atoms with Crippen molar-refractivity contribution in [2.24, 2.45) is 0 Å². The molecule has 0 bridgehead atoms. The molecule has 8 nitrogen and oxygen atoms in total. The number of carboxylic acids is 1. The van der Waals surface area contributed by atoms with E-state index in [0.717, 1.165) is 11.1 Å². The molecule has 39 heavy (non-hydrogen) atoms. The van der Waals surface area contributed by atoms with Crippen LogP contribution in [0.2, 0.25) is 0 Å². The summed E-state index contributed by atoms with van der Waals surface area (Å²) in [4.78, 5) is 26.4. The summed E-state index contributed by atoms with van der Waals surface area (Å²) < 4.78 is 15.3. The zero-order valence-electron chi connectivity index (χ0n) is 22.0. The summed E-state index contributed by atoms with van der Waals surface area (Å²) in [5, 5.41) is 34.0. The van der Waals surface area contributed by atoms with Crippen molar-refractivity contribution in [1.82, 2.24) is 14.7 Å². The second-order valence-corrected chi connectivity index (χ2v) is 9.74. The van der Waals surface area contributed by atoms with E-state index in [1.54, 1.807) is 21.7 Å². The first kappa shape index (κ1) is 32.7. The Morgan fingerprint density at radius 3 is 2.23 bits per heavy atom. The maximum absolute atomic E-state index is 13.8. The molecule has 1 aromatic heterocycles. The van der Waals surface area contributed by atoms with Crippen LogP contribution in [-0.2, 0) is 17.8 Å². The number of aliphatic carboxylic acids is 1. The number of hydrogen-bond acceptors (Lipinski definition) is 5. The van der Waals surface area contributed by atoms with Crippen molar-refractivity contribution in [1.29, 1.82) is 0 Å². The molecule has 206 valence electrons. The Hall–Kier alpha value is -2.56. The van der Waals surface area contributed by atoms with Crippen LogP contribution in [0.5, 0.6) is 0 Å². The van der Waals surface area contributed by atoms with Gasteiger partial charge in [0.1, 0.15) is 5.82 Å². The molecule has 0 spiro atoms. The topological polar surface area (TPSA) is 116 Å². The van der Waals surface area contributed by atoms with E-state index in [-0.39, 0.29) is 54.2 Å². The average Bonchev–Trinajstić information content (AvgIpc) is 3.26. The molecule has 0 aliphatic heterocycles. The number of halogens is 1. The van der Waals surface area contributed by atoms with Crippen molar-refractivity contribution < 1.29 is 29.3 Å². The molecule has 0 saturated heterocycles. The normalized spacial score (nSPS) is 12.6. The van der Waals surface area contributed by atoms with Crippen LogP contribution in [0.3, 0.4) is 0 Å². The number of aromatic nitrogens is 2. The quantitative estimate of drug-likeness (QED) is 0.280. The Kier molecular flexibility index (Phi) is 12.8. The van der Waals surface area contributed by atoms with Gasteiger partial charge in [-0.2, -0.15) is 5.10 Å². The number of hydrogen-bond donors (Lipinski definition) is 3. The third kappa shape index (κ3) is 8.98. The van der Waals surface area contributed by atoms with Crippen LogP contribution in [-0.4, -0.2) is 90.2 Å². The summed E-state index contributed by atoms with van der Waals surface area (Å²) >= 11 is 0. The number of carbonyl (C=O) groups excluding carboxylic acids is 1. The molecule has 3 N–H and O–H groups in total. The Labute approximate surface area is 250 Å². The van der Waals surface area contributed by atoms with Crippen LogP contribution < -0.4 is 0 Å². The molecule has 0 fully saturated rings. The van der Waals surface area contributed by atoms with Gasteiger partial charge in [0.15, 0.2) is 5.69 Å². The van der Waals surface area contributed by atoms with Crippen molar-refractivity contribution in [3.05, 3.63) is 82.9 Å². The van der Waals surface area contributed by atoms with E-state index in [4.69, 9.17) is 10.2 Å². The van der Waals surface area contributed by atoms with Crippen LogP contribution >= 0.6 is 0 Å². The third-order valence-electron chi connectivity index (χ3n) is 6.43. The average molecular weight is 550 g/mol. The molecule has 1 amide bonds. The molecule has 0 unspecified atom stereocenters. The minimum absolute atomic E-state index is 0. The first-order valence-corrected chi connectivity index (χ1v) is 12.9. The second-order valence-electron chi connectivity index (χ2n) is 9.74. The number of amides is 1. The van der Waals surface area contributed by atoms with Crippen LogP contribution in [0.1, 0.15) is 73.3 Å². The standard InChI is InChI=1S/C29H36FN3O5.Na.H/c1-4-32(18-20-8-6-5-7-9-20)29(38)28-27(19(2)3)25(15-14-23(34)16-24(35)17-26(36)37)33(31-28)22-12-10-21(30)11-13-22;;/h5-13,19,23-24,34-35H,4,14-18H2,1-3H3,(H,36,37);;/t23-,24-;;/m1../s1. The Balaban J connectivity index is 0.00000533. The van der Waals surface area contributed by atoms with Crippen LogP contribution in [0.25, 0.3) is 5.69 Å². The van der Waals surface area contributed by atoms with Gasteiger partial charge in [-0.3, -0.25) is 9.59 Å². The summed E-state index contributed by atoms with van der Waals surface area (Å²) in [5.41, 5.74) is 3.32. The van der Waals surface area contributed by atoms with Crippen LogP contribution in [0.15, 0.2) is 54.6 Å². The van der Waals surface area contributed by atoms with E-state index in [2.05, 4.69) is 0 Å². The van der Waals surface area contributed by atoms with Crippen LogP contribution in [0.4, 0.5) is 4.39 Å². The molecule has 0 aliphatic carbocycles. The van der Waals surface area contributed by atoms with Crippen molar-refractivity contribution in [2.45, 2.75) is 71.1 Å². The second kappa shape index (κ2) is 15.3. The molecule has 1 heterocycles. The number of rotatable bonds is 13. The van der Waals surface area contributed by atoms with Crippen molar-refractivity contribution in [3.8, 4) is 5.69 Å². The first-order chi connectivity index (χ1) is 18.1. The van der Waals surface area contributed by atoms with Gasteiger partial charge >= 0.3 is 35.5 Å². The van der Waals surface area contributed by atoms with E-state index >= 15 is 0 Å². The fraction of sp³-hybridized carbons (Fsp3) is 0.414. The zero-order chi connectivity index (χ0) is 27.8. The van der Waals surface area contributed by atoms with E-state index in [1.807, 2.05) is 51.1 Å². The van der Waals surface area contributed by atoms with Crippen molar-refractivity contribution >= 4 is 41.4 Å². The summed E-state index contributed by atoms with van der Waals surface area (Å²) in [6, 6.07) is 15.5. The minimum atomic E-state index is -1.16. The number of benzene rings is 2. The van der Waals surface area contributed by atoms with E-state index in [9.17, 15) is 24.2 Å². The summed E-state index contributed by atoms with van der Waals surface area (Å²) in [7, 11) is 0. The summed E-state index contributed by atoms with van der Waals surface area (Å²) in [6.07, 6.45) is -2.11. The zero-order valence-corrected chi connectivity index (χ0v) is 22.0. The van der Waals surface area contributed by atoms with Gasteiger partial charge in [-0.25, -0.2) is 9.07 Å². The van der Waals surface area contributed by atoms with Gasteiger partial charge in [0.05, 0.1) is 24.3 Å². The van der Waals surface area contributed by atoms with Crippen molar-refractivity contribution in [2.75, 3.05) is 6.54 Å². The number of carbonyl (C=O) groups is 2. The van der Waals surface area contributed by atoms with Gasteiger partial charge in [-0.1, -0.05) is 44.2 Å². The van der Waals surface area contributed by atoms with Gasteiger partial charge in [-0.05, 0) is 61.9 Å². The molecule has 3 aromatic rings. The molecule has 0 radical (unpaired) electrons. The van der Waals surface area contributed by atoms with E-state index in [1.165, 1.54) is 12.1 Å². The van der Waals surface area contributed by atoms with Gasteiger partial charge in [0, 0.05) is 24.3 Å². The third-order valence-corrected chi connectivity index (χ3v) is 6.43. The van der Waals surface area contributed by atoms with E-state index < -0.39 is 30.4 Å². The Bertz CT molecular complexity index is 1220. The fourth-order valence-corrected chi connectivity index (χ4v) is 4.57. The molecule has 0 saturated carbocycles. The van der Waals surface area contributed by atoms with Crippen LogP contribution in [0, 0.1) is 5.82 Å². The molecule has 0 aliphatic rings. The number of carboxylic acid groups (broad SMARTS) is 1. The fourth-order valence-electron chi connectivity index (χ4n) is 4.57. The summed E-state index contributed by atoms with van der Waals surface area (Å²) in [6.45, 7) is 6.74. The monoisotopic (exact) mass is 549 g/mol. The summed E-state index contributed by atoms with van der Waals surface area (Å²) in [5.74, 6) is -1.84. The molecule has 10 heteroatoms. The van der Waals surface area contributed by atoms with Gasteiger partial charge in [-0.15, -0.1) is 0 Å². The molecule has 3 rings (SSSR count). The Morgan fingerprint density at radius 1 is 1.03 bits per heavy atom. The molecule has 2 atom stereocenters. The van der Waals surface area contributed by atoms with E-state index in [0.29, 0.717) is 36.6 Å². The van der Waals surface area contributed by atoms with Gasteiger partial charge in [0.2, 0.25) is 0 Å². The molecular weight excluding hydrogens is 512 g/mol. The molecule has 2 aromatic carbocycles. The first-order valence-electron chi connectivity index (χ1n) is 12.9. The van der Waals surface area contributed by atoms with Crippen molar-refractivity contribution in [3.63, 3.8) is 0 Å².